The van der Waals surface area contributed by atoms with E-state index in [0.717, 1.165) is 73.3 Å². The van der Waals surface area contributed by atoms with E-state index in [9.17, 15) is 0 Å². The second-order valence-corrected chi connectivity index (χ2v) is 37.2. The van der Waals surface area contributed by atoms with Gasteiger partial charge in [0.2, 0.25) is 0 Å². The monoisotopic (exact) mass is 1400 g/mol. The predicted molar refractivity (Wildman–Crippen MR) is 468 cm³/mol. The molecule has 0 spiro atoms. The van der Waals surface area contributed by atoms with Gasteiger partial charge in [0.1, 0.15) is 0 Å². The van der Waals surface area contributed by atoms with Crippen LogP contribution in [0.25, 0.3) is 99.5 Å². The largest absolute Gasteiger partial charge is 0.310 e. The van der Waals surface area contributed by atoms with Gasteiger partial charge in [-0.05, 0) is 214 Å². The Bertz CT molecular complexity index is 5840. The summed E-state index contributed by atoms with van der Waals surface area (Å²) in [5, 5.41) is 5.03. The summed E-state index contributed by atoms with van der Waals surface area (Å²) in [6, 6.07) is 104. The molecule has 5 heteroatoms. The van der Waals surface area contributed by atoms with Gasteiger partial charge >= 0.3 is 0 Å². The molecule has 0 atom stereocenters. The van der Waals surface area contributed by atoms with Crippen LogP contribution in [0.4, 0.5) is 34.1 Å². The van der Waals surface area contributed by atoms with E-state index in [1.807, 2.05) is 0 Å². The quantitative estimate of drug-likeness (QED) is 0.141. The molecule has 0 fully saturated rings. The topological polar surface area (TPSA) is 16.3 Å². The Kier molecular flexibility index (Phi) is 16.3. The highest BCUT2D eigenvalue weighted by molar-refractivity contribution is 7.00. The second-order valence-electron chi connectivity index (χ2n) is 37.2. The molecule has 108 heavy (non-hydrogen) atoms. The summed E-state index contributed by atoms with van der Waals surface area (Å²) >= 11 is 0. The lowest BCUT2D eigenvalue weighted by atomic mass is 9.33. The van der Waals surface area contributed by atoms with Crippen LogP contribution in [0.5, 0.6) is 0 Å². The lowest BCUT2D eigenvalue weighted by Gasteiger charge is -2.46. The molecule has 2 aliphatic rings. The lowest BCUT2D eigenvalue weighted by molar-refractivity contribution is 0.590. The van der Waals surface area contributed by atoms with Crippen molar-refractivity contribution in [3.05, 3.63) is 306 Å². The molecule has 0 bridgehead atoms. The molecule has 0 N–H and O–H groups in total. The SMILES string of the molecule is Cc1cc2c3c(c1)N(c1c(-c4ccccc4)cc(C(C)(C)C)cc1-c1ccccc1)c1cc(-n4c5cc(C(C)(C)C)ccc5c5ccc(C(C)(C)C)cc54)ccc1B3c1ccc(-n3c4ccc(C(C)(C)C)cc4c4cc(C(C)(C)C)ccc43)cc1N2c1c(-c2ccccc2)cc(C(C)(C)C)cc1-c1ccccc1. The van der Waals surface area contributed by atoms with Crippen LogP contribution < -0.4 is 26.2 Å². The fourth-order valence-electron chi connectivity index (χ4n) is 17.3. The molecule has 4 nitrogen and oxygen atoms in total. The van der Waals surface area contributed by atoms with Crippen LogP contribution in [0.1, 0.15) is 164 Å². The van der Waals surface area contributed by atoms with Crippen molar-refractivity contribution in [1.82, 2.24) is 9.13 Å². The van der Waals surface area contributed by atoms with Crippen molar-refractivity contribution in [3.63, 3.8) is 0 Å². The fourth-order valence-corrected chi connectivity index (χ4v) is 17.3. The summed E-state index contributed by atoms with van der Waals surface area (Å²) in [5.74, 6) is 0. The third kappa shape index (κ3) is 11.8. The summed E-state index contributed by atoms with van der Waals surface area (Å²) in [6.07, 6.45) is 0. The third-order valence-corrected chi connectivity index (χ3v) is 23.4. The highest BCUT2D eigenvalue weighted by atomic mass is 15.2. The molecular weight excluding hydrogens is 1300 g/mol. The summed E-state index contributed by atoms with van der Waals surface area (Å²) in [4.78, 5) is 5.47. The van der Waals surface area contributed by atoms with E-state index in [1.165, 1.54) is 116 Å². The molecule has 0 saturated heterocycles. The van der Waals surface area contributed by atoms with Gasteiger partial charge in [-0.25, -0.2) is 0 Å². The Hall–Kier alpha value is -10.9. The van der Waals surface area contributed by atoms with Crippen LogP contribution in [-0.2, 0) is 32.5 Å². The summed E-state index contributed by atoms with van der Waals surface area (Å²) < 4.78 is 5.17. The van der Waals surface area contributed by atoms with Gasteiger partial charge in [0.05, 0.1) is 33.4 Å². The summed E-state index contributed by atoms with van der Waals surface area (Å²) in [5.41, 5.74) is 35.3. The molecule has 0 aliphatic carbocycles. The minimum absolute atomic E-state index is 0.0554. The lowest BCUT2D eigenvalue weighted by Crippen LogP contribution is -2.61. The maximum absolute atomic E-state index is 2.74. The van der Waals surface area contributed by atoms with Gasteiger partial charge in [0, 0.05) is 77.9 Å². The van der Waals surface area contributed by atoms with Crippen LogP contribution in [0.2, 0.25) is 0 Å². The molecule has 0 amide bonds. The predicted octanol–water partition coefficient (Wildman–Crippen LogP) is 26.7. The van der Waals surface area contributed by atoms with E-state index in [-0.39, 0.29) is 39.2 Å². The van der Waals surface area contributed by atoms with Crippen LogP contribution in [0, 0.1) is 6.92 Å². The Labute approximate surface area is 641 Å². The number of rotatable bonds is 8. The van der Waals surface area contributed by atoms with Gasteiger partial charge < -0.3 is 18.9 Å². The molecule has 4 heterocycles. The van der Waals surface area contributed by atoms with Gasteiger partial charge in [-0.1, -0.05) is 294 Å². The Balaban J connectivity index is 1.06. The average molecular weight is 1410 g/mol. The highest BCUT2D eigenvalue weighted by Gasteiger charge is 2.46. The molecule has 0 saturated carbocycles. The zero-order chi connectivity index (χ0) is 75.6. The van der Waals surface area contributed by atoms with Crippen molar-refractivity contribution in [1.29, 1.82) is 0 Å². The minimum Gasteiger partial charge on any atom is -0.310 e. The zero-order valence-electron chi connectivity index (χ0n) is 66.8. The third-order valence-electron chi connectivity index (χ3n) is 23.4. The summed E-state index contributed by atoms with van der Waals surface area (Å²) in [6.45, 7) is 44.4. The van der Waals surface area contributed by atoms with Gasteiger partial charge in [0.25, 0.3) is 6.71 Å². The molecule has 15 aromatic rings. The molecule has 2 aliphatic heterocycles. The van der Waals surface area contributed by atoms with E-state index in [2.05, 4.69) is 417 Å². The molecule has 13 aromatic carbocycles. The van der Waals surface area contributed by atoms with Crippen molar-refractivity contribution in [2.24, 2.45) is 0 Å². The fraction of sp³-hybridized carbons (Fsp3) is 0.243. The van der Waals surface area contributed by atoms with E-state index < -0.39 is 0 Å². The average Bonchev–Trinajstić information content (AvgIpc) is 1.21. The van der Waals surface area contributed by atoms with Gasteiger partial charge in [-0.3, -0.25) is 0 Å². The van der Waals surface area contributed by atoms with E-state index in [4.69, 9.17) is 0 Å². The Morgan fingerprint density at radius 1 is 0.241 bits per heavy atom. The zero-order valence-corrected chi connectivity index (χ0v) is 66.8. The first-order valence-electron chi connectivity index (χ1n) is 39.1. The second kappa shape index (κ2) is 25.1. The van der Waals surface area contributed by atoms with Crippen LogP contribution in [0.15, 0.2) is 267 Å². The first kappa shape index (κ1) is 70.1. The van der Waals surface area contributed by atoms with Gasteiger partial charge in [-0.15, -0.1) is 0 Å². The van der Waals surface area contributed by atoms with Gasteiger partial charge in [-0.2, -0.15) is 0 Å². The summed E-state index contributed by atoms with van der Waals surface area (Å²) in [7, 11) is 0. The molecule has 2 aromatic heterocycles. The maximum atomic E-state index is 2.74. The van der Waals surface area contributed by atoms with Crippen LogP contribution in [-0.4, -0.2) is 15.8 Å². The standard InChI is InChI=1S/C103H101BN4/c1-64-52-93-95-94(53-64)108(97-81(67-36-28-22-29-37-67)58-74(103(17,18)19)59-82(97)68-38-30-23-31-39-68)92-63-76(106-89-60-71(100(8,9)10)40-46-77(89)78-47-41-72(61-90(78)106)101(11,12)13)45-49-86(92)104(95)85-48-44-75(105-87-50-42-69(98(2,3)4)54-83(87)84-55-70(99(5,6)7)43-51-88(84)105)62-91(85)107(93)96-79(65-32-24-20-25-33-65)56-73(102(14,15)16)57-80(96)66-34-26-21-27-35-66/h20-63H,1-19H3. The number of benzene rings is 13. The Morgan fingerprint density at radius 3 is 0.852 bits per heavy atom. The normalized spacial score (nSPS) is 13.5. The minimum atomic E-state index is -0.237. The molecule has 536 valence electrons. The van der Waals surface area contributed by atoms with Crippen molar-refractivity contribution in [3.8, 4) is 55.9 Å². The van der Waals surface area contributed by atoms with Crippen molar-refractivity contribution < 1.29 is 0 Å². The molecular formula is C103H101BN4. The molecule has 0 radical (unpaired) electrons. The highest BCUT2D eigenvalue weighted by Crippen LogP contribution is 2.56. The number of hydrogen-bond donors (Lipinski definition) is 0. The first-order valence-corrected chi connectivity index (χ1v) is 39.1. The number of anilines is 6. The molecule has 17 rings (SSSR count). The van der Waals surface area contributed by atoms with Crippen molar-refractivity contribution >= 4 is 101 Å². The molecule has 0 unspecified atom stereocenters. The number of hydrogen-bond acceptors (Lipinski definition) is 2. The van der Waals surface area contributed by atoms with Gasteiger partial charge in [0.15, 0.2) is 0 Å². The van der Waals surface area contributed by atoms with Crippen molar-refractivity contribution in [2.45, 2.75) is 164 Å². The number of aromatic nitrogens is 2. The van der Waals surface area contributed by atoms with E-state index >= 15 is 0 Å². The number of fused-ring (bicyclic) bond motifs is 10. The smallest absolute Gasteiger partial charge is 0.252 e. The van der Waals surface area contributed by atoms with Crippen LogP contribution >= 0.6 is 0 Å². The first-order chi connectivity index (χ1) is 51.3. The maximum Gasteiger partial charge on any atom is 0.252 e. The van der Waals surface area contributed by atoms with Crippen molar-refractivity contribution in [2.75, 3.05) is 9.80 Å². The number of aryl methyl sites for hydroxylation is 1. The van der Waals surface area contributed by atoms with E-state index in [1.54, 1.807) is 0 Å². The van der Waals surface area contributed by atoms with E-state index in [0.29, 0.717) is 0 Å². The van der Waals surface area contributed by atoms with Crippen LogP contribution in [0.3, 0.4) is 0 Å². The Morgan fingerprint density at radius 2 is 0.537 bits per heavy atom. The number of nitrogens with zero attached hydrogens (tertiary/aromatic N) is 4.